The third-order valence-corrected chi connectivity index (χ3v) is 6.16. The van der Waals surface area contributed by atoms with Crippen LogP contribution in [0.2, 0.25) is 0 Å². The number of hydrogen-bond acceptors (Lipinski definition) is 16. The molecule has 3 fully saturated rings. The molecule has 3 heterocycles. The fraction of sp³-hybridized carbons (Fsp3) is 1.00. The lowest BCUT2D eigenvalue weighted by Gasteiger charge is -2.44. The molecule has 14 unspecified atom stereocenters. The van der Waals surface area contributed by atoms with Gasteiger partial charge in [0, 0.05) is 0 Å². The molecule has 11 N–H and O–H groups in total. The average Bonchev–Trinajstić information content (AvgIpc) is 3.08. The van der Waals surface area contributed by atoms with Gasteiger partial charge in [0.25, 0.3) is 0 Å². The van der Waals surface area contributed by atoms with E-state index in [2.05, 4.69) is 0 Å². The SMILES string of the molecule is OCC1OC(OCC2OC(OC3(CO)OC(CO)C(O)C3O)C(O)C(O)C2O)C(O)C(O)C1O. The Morgan fingerprint density at radius 1 is 0.588 bits per heavy atom. The number of aliphatic hydroxyl groups excluding tert-OH is 11. The molecule has 0 aromatic rings. The highest BCUT2D eigenvalue weighted by Crippen LogP contribution is 2.36. The van der Waals surface area contributed by atoms with Crippen LogP contribution in [0.4, 0.5) is 0 Å². The van der Waals surface area contributed by atoms with Crippen molar-refractivity contribution in [2.75, 3.05) is 26.4 Å². The molecular weight excluding hydrogens is 472 g/mol. The molecule has 14 atom stereocenters. The molecule has 0 saturated carbocycles. The molecule has 3 aliphatic heterocycles. The Labute approximate surface area is 192 Å². The Bertz CT molecular complexity index is 653. The van der Waals surface area contributed by atoms with Gasteiger partial charge in [-0.1, -0.05) is 0 Å². The third kappa shape index (κ3) is 5.09. The second-order valence-electron chi connectivity index (χ2n) is 8.41. The third-order valence-electron chi connectivity index (χ3n) is 6.16. The normalized spacial score (nSPS) is 52.1. The molecule has 0 aromatic carbocycles. The van der Waals surface area contributed by atoms with Crippen molar-refractivity contribution in [3.63, 3.8) is 0 Å². The fourth-order valence-corrected chi connectivity index (χ4v) is 4.01. The monoisotopic (exact) mass is 504 g/mol. The van der Waals surface area contributed by atoms with E-state index in [0.717, 1.165) is 0 Å². The zero-order valence-electron chi connectivity index (χ0n) is 17.8. The van der Waals surface area contributed by atoms with Crippen LogP contribution in [0.3, 0.4) is 0 Å². The minimum atomic E-state index is -2.36. The van der Waals surface area contributed by atoms with Crippen molar-refractivity contribution in [3.05, 3.63) is 0 Å². The maximum atomic E-state index is 10.3. The average molecular weight is 504 g/mol. The largest absolute Gasteiger partial charge is 0.394 e. The van der Waals surface area contributed by atoms with Gasteiger partial charge in [-0.3, -0.25) is 0 Å². The molecule has 200 valence electrons. The summed E-state index contributed by atoms with van der Waals surface area (Å²) in [6, 6.07) is 0. The van der Waals surface area contributed by atoms with Gasteiger partial charge in [-0.25, -0.2) is 0 Å². The molecule has 34 heavy (non-hydrogen) atoms. The van der Waals surface area contributed by atoms with E-state index in [1.807, 2.05) is 0 Å². The van der Waals surface area contributed by atoms with Crippen LogP contribution in [0, 0.1) is 0 Å². The van der Waals surface area contributed by atoms with E-state index in [1.165, 1.54) is 0 Å². The van der Waals surface area contributed by atoms with Gasteiger partial charge in [0.1, 0.15) is 73.8 Å². The number of aliphatic hydroxyl groups is 11. The van der Waals surface area contributed by atoms with Crippen molar-refractivity contribution in [1.29, 1.82) is 0 Å². The summed E-state index contributed by atoms with van der Waals surface area (Å²) in [7, 11) is 0. The van der Waals surface area contributed by atoms with E-state index in [1.54, 1.807) is 0 Å². The first-order valence-corrected chi connectivity index (χ1v) is 10.6. The molecule has 0 spiro atoms. The first kappa shape index (κ1) is 27.9. The van der Waals surface area contributed by atoms with Crippen molar-refractivity contribution in [2.45, 2.75) is 85.5 Å². The molecule has 3 rings (SSSR count). The molecule has 0 radical (unpaired) electrons. The van der Waals surface area contributed by atoms with Crippen LogP contribution in [0.25, 0.3) is 0 Å². The molecule has 0 aromatic heterocycles. The van der Waals surface area contributed by atoms with Gasteiger partial charge in [-0.15, -0.1) is 0 Å². The quantitative estimate of drug-likeness (QED) is 0.146. The first-order valence-electron chi connectivity index (χ1n) is 10.6. The lowest BCUT2D eigenvalue weighted by molar-refractivity contribution is -0.388. The summed E-state index contributed by atoms with van der Waals surface area (Å²) in [5, 5.41) is 109. The minimum Gasteiger partial charge on any atom is -0.394 e. The molecule has 0 amide bonds. The molecule has 0 aliphatic carbocycles. The van der Waals surface area contributed by atoms with Crippen LogP contribution in [0.15, 0.2) is 0 Å². The van der Waals surface area contributed by atoms with Crippen molar-refractivity contribution in [1.82, 2.24) is 0 Å². The maximum absolute atomic E-state index is 10.3. The number of ether oxygens (including phenoxy) is 5. The Morgan fingerprint density at radius 2 is 1.12 bits per heavy atom. The summed E-state index contributed by atoms with van der Waals surface area (Å²) in [6.45, 7) is -3.14. The number of hydrogen-bond donors (Lipinski definition) is 11. The Morgan fingerprint density at radius 3 is 1.65 bits per heavy atom. The smallest absolute Gasteiger partial charge is 0.224 e. The van der Waals surface area contributed by atoms with Crippen LogP contribution in [0.1, 0.15) is 0 Å². The molecule has 16 heteroatoms. The Balaban J connectivity index is 1.69. The van der Waals surface area contributed by atoms with Gasteiger partial charge in [0.05, 0.1) is 19.8 Å². The summed E-state index contributed by atoms with van der Waals surface area (Å²) >= 11 is 0. The highest BCUT2D eigenvalue weighted by atomic mass is 16.8. The van der Waals surface area contributed by atoms with Gasteiger partial charge < -0.3 is 79.9 Å². The molecule has 3 saturated heterocycles. The van der Waals surface area contributed by atoms with E-state index in [0.29, 0.717) is 0 Å². The molecule has 16 nitrogen and oxygen atoms in total. The van der Waals surface area contributed by atoms with Crippen LogP contribution in [0.5, 0.6) is 0 Å². The molecular formula is C18H32O16. The predicted octanol–water partition coefficient (Wildman–Crippen LogP) is -7.57. The molecule has 0 bridgehead atoms. The minimum absolute atomic E-state index is 0.634. The van der Waals surface area contributed by atoms with Gasteiger partial charge in [-0.2, -0.15) is 0 Å². The predicted molar refractivity (Wildman–Crippen MR) is 101 cm³/mol. The van der Waals surface area contributed by atoms with Gasteiger partial charge in [-0.05, 0) is 0 Å². The van der Waals surface area contributed by atoms with E-state index in [-0.39, 0.29) is 0 Å². The molecule has 3 aliphatic rings. The highest BCUT2D eigenvalue weighted by Gasteiger charge is 2.58. The van der Waals surface area contributed by atoms with E-state index in [9.17, 15) is 56.2 Å². The fourth-order valence-electron chi connectivity index (χ4n) is 4.01. The second-order valence-corrected chi connectivity index (χ2v) is 8.41. The van der Waals surface area contributed by atoms with Gasteiger partial charge in [0.2, 0.25) is 5.79 Å². The van der Waals surface area contributed by atoms with E-state index >= 15 is 0 Å². The summed E-state index contributed by atoms with van der Waals surface area (Å²) in [4.78, 5) is 0. The highest BCUT2D eigenvalue weighted by molar-refractivity contribution is 4.98. The second kappa shape index (κ2) is 11.2. The first-order chi connectivity index (χ1) is 16.0. The number of rotatable bonds is 8. The van der Waals surface area contributed by atoms with Crippen LogP contribution in [-0.4, -0.2) is 168 Å². The lowest BCUT2D eigenvalue weighted by Crippen LogP contribution is -2.63. The summed E-state index contributed by atoms with van der Waals surface area (Å²) in [6.07, 6.45) is -21.8. The van der Waals surface area contributed by atoms with Crippen molar-refractivity contribution >= 4 is 0 Å². The van der Waals surface area contributed by atoms with Crippen molar-refractivity contribution < 1.29 is 79.9 Å². The van der Waals surface area contributed by atoms with Crippen LogP contribution < -0.4 is 0 Å². The van der Waals surface area contributed by atoms with Crippen LogP contribution in [-0.2, 0) is 23.7 Å². The summed E-state index contributed by atoms with van der Waals surface area (Å²) in [5.41, 5.74) is 0. The standard InChI is InChI=1S/C18H32O16/c19-1-5-8(22)11(25)13(27)16(31-5)30-3-7-9(23)12(26)14(28)17(32-7)34-18(4-21)15(29)10(24)6(2-20)33-18/h5-17,19-29H,1-4H2. The topological polar surface area (TPSA) is 269 Å². The zero-order chi connectivity index (χ0) is 25.4. The summed E-state index contributed by atoms with van der Waals surface area (Å²) < 4.78 is 26.4. The van der Waals surface area contributed by atoms with Gasteiger partial charge in [0.15, 0.2) is 12.6 Å². The van der Waals surface area contributed by atoms with E-state index < -0.39 is 112 Å². The van der Waals surface area contributed by atoms with Crippen molar-refractivity contribution in [2.24, 2.45) is 0 Å². The maximum Gasteiger partial charge on any atom is 0.224 e. The Kier molecular flexibility index (Phi) is 9.18. The van der Waals surface area contributed by atoms with Crippen LogP contribution >= 0.6 is 0 Å². The zero-order valence-corrected chi connectivity index (χ0v) is 17.8. The van der Waals surface area contributed by atoms with Gasteiger partial charge >= 0.3 is 0 Å². The van der Waals surface area contributed by atoms with E-state index in [4.69, 9.17) is 23.7 Å². The summed E-state index contributed by atoms with van der Waals surface area (Å²) in [5.74, 6) is -2.36. The van der Waals surface area contributed by atoms with Crippen molar-refractivity contribution in [3.8, 4) is 0 Å². The Hall–Kier alpha value is -0.640. The lowest BCUT2D eigenvalue weighted by atomic mass is 9.98.